The summed E-state index contributed by atoms with van der Waals surface area (Å²) in [6, 6.07) is 6.82. The maximum absolute atomic E-state index is 12.5. The number of fused-ring (bicyclic) bond motifs is 1. The van der Waals surface area contributed by atoms with Gasteiger partial charge in [-0.05, 0) is 30.1 Å². The molecule has 0 saturated carbocycles. The van der Waals surface area contributed by atoms with Gasteiger partial charge in [-0.1, -0.05) is 18.2 Å². The smallest absolute Gasteiger partial charge is 0.340 e. The lowest BCUT2D eigenvalue weighted by atomic mass is 9.98. The van der Waals surface area contributed by atoms with Crippen molar-refractivity contribution in [2.45, 2.75) is 13.3 Å². The molecule has 0 aliphatic carbocycles. The molecule has 1 aliphatic rings. The maximum Gasteiger partial charge on any atom is 0.340 e. The van der Waals surface area contributed by atoms with Crippen LogP contribution in [0.15, 0.2) is 24.3 Å². The van der Waals surface area contributed by atoms with Crippen LogP contribution in [0.5, 0.6) is 0 Å². The Morgan fingerprint density at radius 2 is 2.05 bits per heavy atom. The van der Waals surface area contributed by atoms with E-state index in [4.69, 9.17) is 0 Å². The molecule has 3 rings (SSSR count). The van der Waals surface area contributed by atoms with Crippen molar-refractivity contribution in [1.82, 2.24) is 4.37 Å². The van der Waals surface area contributed by atoms with Gasteiger partial charge in [-0.15, -0.1) is 0 Å². The maximum atomic E-state index is 12.5. The third-order valence-electron chi connectivity index (χ3n) is 3.30. The Morgan fingerprint density at radius 1 is 1.33 bits per heavy atom. The van der Waals surface area contributed by atoms with Crippen molar-refractivity contribution in [3.63, 3.8) is 0 Å². The van der Waals surface area contributed by atoms with Gasteiger partial charge in [-0.3, -0.25) is 9.59 Å². The lowest BCUT2D eigenvalue weighted by molar-refractivity contribution is -0.117. The van der Waals surface area contributed by atoms with Gasteiger partial charge in [0.05, 0.1) is 12.1 Å². The number of aromatic nitrogens is 1. The summed E-state index contributed by atoms with van der Waals surface area (Å²) < 4.78 is 3.95. The van der Waals surface area contributed by atoms with Crippen molar-refractivity contribution >= 4 is 34.3 Å². The molecular formula is C14H10N2O4S. The van der Waals surface area contributed by atoms with E-state index in [1.54, 1.807) is 24.3 Å². The van der Waals surface area contributed by atoms with E-state index in [-0.39, 0.29) is 17.0 Å². The number of benzene rings is 1. The molecule has 6 nitrogen and oxygen atoms in total. The summed E-state index contributed by atoms with van der Waals surface area (Å²) in [6.07, 6.45) is 0.0674. The topological polar surface area (TPSA) is 87.6 Å². The average Bonchev–Trinajstić information content (AvgIpc) is 2.80. The molecule has 21 heavy (non-hydrogen) atoms. The molecule has 0 saturated heterocycles. The number of carboxylic acid groups (broad SMARTS) is 1. The second-order valence-electron chi connectivity index (χ2n) is 4.62. The van der Waals surface area contributed by atoms with Crippen LogP contribution in [0.4, 0.5) is 5.00 Å². The van der Waals surface area contributed by atoms with Crippen LogP contribution in [0.25, 0.3) is 0 Å². The Morgan fingerprint density at radius 3 is 2.76 bits per heavy atom. The number of nitrogens with zero attached hydrogens (tertiary/aromatic N) is 2. The first-order valence-electron chi connectivity index (χ1n) is 6.15. The average molecular weight is 302 g/mol. The molecule has 0 bridgehead atoms. The van der Waals surface area contributed by atoms with Gasteiger partial charge < -0.3 is 5.11 Å². The summed E-state index contributed by atoms with van der Waals surface area (Å²) in [5.74, 6) is -2.14. The number of anilines is 1. The lowest BCUT2D eigenvalue weighted by Crippen LogP contribution is -2.42. The van der Waals surface area contributed by atoms with E-state index >= 15 is 0 Å². The largest absolute Gasteiger partial charge is 0.478 e. The molecule has 106 valence electrons. The number of hydrogen-bond donors (Lipinski definition) is 1. The number of aryl methyl sites for hydroxylation is 1. The Bertz CT molecular complexity index is 781. The Balaban J connectivity index is 2.14. The molecule has 1 aromatic heterocycles. The molecule has 0 atom stereocenters. The van der Waals surface area contributed by atoms with Crippen LogP contribution in [0.2, 0.25) is 0 Å². The van der Waals surface area contributed by atoms with Crippen molar-refractivity contribution < 1.29 is 19.5 Å². The molecule has 1 aromatic carbocycles. The second-order valence-corrected chi connectivity index (χ2v) is 5.37. The number of carboxylic acids is 1. The minimum Gasteiger partial charge on any atom is -0.478 e. The van der Waals surface area contributed by atoms with Gasteiger partial charge >= 0.3 is 5.97 Å². The van der Waals surface area contributed by atoms with Gasteiger partial charge in [0.2, 0.25) is 5.91 Å². The molecule has 2 amide bonds. The first-order chi connectivity index (χ1) is 10.0. The fourth-order valence-corrected chi connectivity index (χ4v) is 3.23. The van der Waals surface area contributed by atoms with E-state index in [0.29, 0.717) is 16.8 Å². The first kappa shape index (κ1) is 13.4. The molecule has 1 aliphatic heterocycles. The van der Waals surface area contributed by atoms with Gasteiger partial charge in [0.15, 0.2) is 0 Å². The predicted octanol–water partition coefficient (Wildman–Crippen LogP) is 1.88. The van der Waals surface area contributed by atoms with E-state index in [0.717, 1.165) is 16.4 Å². The zero-order chi connectivity index (χ0) is 15.1. The predicted molar refractivity (Wildman–Crippen MR) is 75.8 cm³/mol. The number of aromatic carboxylic acids is 1. The lowest BCUT2D eigenvalue weighted by Gasteiger charge is -2.25. The minimum absolute atomic E-state index is 0.0674. The highest BCUT2D eigenvalue weighted by Crippen LogP contribution is 2.33. The molecular weight excluding hydrogens is 292 g/mol. The number of amides is 2. The standard InChI is InChI=1S/C14H10N2O4S/c1-7-11(14(19)20)13(21-15-7)16-10(17)6-8-4-2-3-5-9(8)12(16)18/h2-5H,6H2,1H3,(H,19,20). The zero-order valence-electron chi connectivity index (χ0n) is 11.0. The van der Waals surface area contributed by atoms with Crippen molar-refractivity contribution in [3.8, 4) is 0 Å². The van der Waals surface area contributed by atoms with Crippen LogP contribution >= 0.6 is 11.5 Å². The van der Waals surface area contributed by atoms with E-state index in [9.17, 15) is 19.5 Å². The summed E-state index contributed by atoms with van der Waals surface area (Å²) >= 11 is 0.847. The summed E-state index contributed by atoms with van der Waals surface area (Å²) in [4.78, 5) is 37.0. The van der Waals surface area contributed by atoms with E-state index < -0.39 is 17.8 Å². The minimum atomic E-state index is -1.20. The van der Waals surface area contributed by atoms with Crippen LogP contribution in [-0.2, 0) is 11.2 Å². The Labute approximate surface area is 123 Å². The fourth-order valence-electron chi connectivity index (χ4n) is 2.32. The molecule has 0 radical (unpaired) electrons. The highest BCUT2D eigenvalue weighted by Gasteiger charge is 2.36. The summed E-state index contributed by atoms with van der Waals surface area (Å²) in [5, 5.41) is 9.32. The van der Waals surface area contributed by atoms with Crippen molar-refractivity contribution in [1.29, 1.82) is 0 Å². The number of imide groups is 1. The number of hydrogen-bond acceptors (Lipinski definition) is 5. The second kappa shape index (κ2) is 4.78. The molecule has 2 aromatic rings. The molecule has 0 unspecified atom stereocenters. The highest BCUT2D eigenvalue weighted by molar-refractivity contribution is 7.11. The summed E-state index contributed by atoms with van der Waals surface area (Å²) in [7, 11) is 0. The van der Waals surface area contributed by atoms with Gasteiger partial charge in [-0.25, -0.2) is 9.69 Å². The molecule has 7 heteroatoms. The van der Waals surface area contributed by atoms with Gasteiger partial charge in [-0.2, -0.15) is 4.37 Å². The Hall–Kier alpha value is -2.54. The van der Waals surface area contributed by atoms with E-state index in [2.05, 4.69) is 4.37 Å². The molecule has 0 fully saturated rings. The summed E-state index contributed by atoms with van der Waals surface area (Å²) in [6.45, 7) is 1.54. The monoisotopic (exact) mass is 302 g/mol. The summed E-state index contributed by atoms with van der Waals surface area (Å²) in [5.41, 5.74) is 1.27. The van der Waals surface area contributed by atoms with Crippen LogP contribution in [-0.4, -0.2) is 27.3 Å². The quantitative estimate of drug-likeness (QED) is 0.856. The van der Waals surface area contributed by atoms with Gasteiger partial charge in [0.25, 0.3) is 5.91 Å². The Kier molecular flexibility index (Phi) is 3.06. The third-order valence-corrected chi connectivity index (χ3v) is 4.23. The van der Waals surface area contributed by atoms with Crippen LogP contribution in [0.1, 0.15) is 32.0 Å². The van der Waals surface area contributed by atoms with Gasteiger partial charge in [0.1, 0.15) is 10.6 Å². The zero-order valence-corrected chi connectivity index (χ0v) is 11.8. The van der Waals surface area contributed by atoms with Crippen LogP contribution in [0.3, 0.4) is 0 Å². The fraction of sp³-hybridized carbons (Fsp3) is 0.143. The molecule has 2 heterocycles. The van der Waals surface area contributed by atoms with Gasteiger partial charge in [0, 0.05) is 5.56 Å². The molecule has 1 N–H and O–H groups in total. The molecule has 0 spiro atoms. The van der Waals surface area contributed by atoms with Crippen molar-refractivity contribution in [3.05, 3.63) is 46.6 Å². The first-order valence-corrected chi connectivity index (χ1v) is 6.92. The van der Waals surface area contributed by atoms with E-state index in [1.165, 1.54) is 6.92 Å². The highest BCUT2D eigenvalue weighted by atomic mass is 32.1. The van der Waals surface area contributed by atoms with Crippen molar-refractivity contribution in [2.75, 3.05) is 4.90 Å². The number of rotatable bonds is 2. The van der Waals surface area contributed by atoms with Crippen LogP contribution in [0, 0.1) is 6.92 Å². The normalized spacial score (nSPS) is 14.2. The van der Waals surface area contributed by atoms with E-state index in [1.807, 2.05) is 0 Å². The number of carbonyl (C=O) groups is 3. The van der Waals surface area contributed by atoms with Crippen molar-refractivity contribution in [2.24, 2.45) is 0 Å². The SMILES string of the molecule is Cc1nsc(N2C(=O)Cc3ccccc3C2=O)c1C(=O)O. The van der Waals surface area contributed by atoms with Crippen LogP contribution < -0.4 is 4.90 Å². The number of carbonyl (C=O) groups excluding carboxylic acids is 2. The third kappa shape index (κ3) is 2.02.